The lowest BCUT2D eigenvalue weighted by Crippen LogP contribution is -2.00. The molecule has 234 valence electrons. The minimum Gasteiger partial charge on any atom is -0.456 e. The largest absolute Gasteiger partial charge is 0.456 e. The molecule has 7 aromatic carbocycles. The first-order valence-corrected chi connectivity index (χ1v) is 16.6. The summed E-state index contributed by atoms with van der Waals surface area (Å²) in [4.78, 5) is 15.3. The number of benzene rings is 7. The standard InChI is InChI=1S/C45H27N3O2/c1-3-13-28(14-4-1)30-17-9-18-31(27-30)44-46-43(29-15-5-2-6-16-29)47-45(48-44)35-22-12-26-39-42(35)41-33(21-11-25-38(41)50-39)32-20-10-24-37-40(32)34-19-7-8-23-36(34)49-37/h1-27H. The zero-order valence-electron chi connectivity index (χ0n) is 26.7. The van der Waals surface area contributed by atoms with E-state index < -0.39 is 0 Å². The molecule has 0 radical (unpaired) electrons. The number of fused-ring (bicyclic) bond motifs is 6. The highest BCUT2D eigenvalue weighted by atomic mass is 16.3. The molecule has 0 aliphatic rings. The number of furan rings is 2. The Balaban J connectivity index is 1.24. The van der Waals surface area contributed by atoms with Gasteiger partial charge < -0.3 is 8.83 Å². The Kier molecular flexibility index (Phi) is 6.42. The third kappa shape index (κ3) is 4.60. The van der Waals surface area contributed by atoms with Gasteiger partial charge in [0, 0.05) is 38.2 Å². The first kappa shape index (κ1) is 28.2. The fraction of sp³-hybridized carbons (Fsp3) is 0. The Hall–Kier alpha value is -6.85. The number of hydrogen-bond donors (Lipinski definition) is 0. The summed E-state index contributed by atoms with van der Waals surface area (Å²) in [6, 6.07) is 55.6. The Labute approximate surface area is 287 Å². The van der Waals surface area contributed by atoms with Crippen molar-refractivity contribution in [3.63, 3.8) is 0 Å². The molecule has 10 rings (SSSR count). The van der Waals surface area contributed by atoms with Gasteiger partial charge in [-0.25, -0.2) is 15.0 Å². The minimum absolute atomic E-state index is 0.578. The molecule has 0 aliphatic carbocycles. The summed E-state index contributed by atoms with van der Waals surface area (Å²) in [7, 11) is 0. The van der Waals surface area contributed by atoms with Crippen molar-refractivity contribution in [2.75, 3.05) is 0 Å². The second-order valence-electron chi connectivity index (χ2n) is 12.4. The van der Waals surface area contributed by atoms with Gasteiger partial charge in [-0.3, -0.25) is 0 Å². The second-order valence-corrected chi connectivity index (χ2v) is 12.4. The van der Waals surface area contributed by atoms with Crippen LogP contribution in [0.4, 0.5) is 0 Å². The highest BCUT2D eigenvalue weighted by Crippen LogP contribution is 2.44. The fourth-order valence-corrected chi connectivity index (χ4v) is 7.09. The van der Waals surface area contributed by atoms with Gasteiger partial charge in [0.15, 0.2) is 17.5 Å². The van der Waals surface area contributed by atoms with Crippen LogP contribution in [0.15, 0.2) is 173 Å². The molecule has 3 aromatic heterocycles. The average molecular weight is 642 g/mol. The Morgan fingerprint density at radius 3 is 1.50 bits per heavy atom. The third-order valence-corrected chi connectivity index (χ3v) is 9.35. The van der Waals surface area contributed by atoms with E-state index in [1.54, 1.807) is 0 Å². The molecule has 0 unspecified atom stereocenters. The molecule has 0 aliphatic heterocycles. The van der Waals surface area contributed by atoms with Crippen LogP contribution in [0.3, 0.4) is 0 Å². The summed E-state index contributed by atoms with van der Waals surface area (Å²) < 4.78 is 12.8. The molecule has 0 saturated carbocycles. The summed E-state index contributed by atoms with van der Waals surface area (Å²) in [5, 5.41) is 4.12. The van der Waals surface area contributed by atoms with Crippen molar-refractivity contribution in [3.8, 4) is 56.4 Å². The second kappa shape index (κ2) is 11.4. The maximum atomic E-state index is 6.56. The van der Waals surface area contributed by atoms with Crippen molar-refractivity contribution in [2.24, 2.45) is 0 Å². The van der Waals surface area contributed by atoms with Crippen molar-refractivity contribution in [2.45, 2.75) is 0 Å². The predicted octanol–water partition coefficient (Wildman–Crippen LogP) is 12.0. The molecule has 0 amide bonds. The first-order valence-electron chi connectivity index (χ1n) is 16.6. The van der Waals surface area contributed by atoms with E-state index >= 15 is 0 Å². The van der Waals surface area contributed by atoms with Gasteiger partial charge in [-0.2, -0.15) is 0 Å². The van der Waals surface area contributed by atoms with E-state index in [2.05, 4.69) is 91.0 Å². The van der Waals surface area contributed by atoms with Gasteiger partial charge in [0.2, 0.25) is 0 Å². The Bertz CT molecular complexity index is 2870. The van der Waals surface area contributed by atoms with E-state index in [-0.39, 0.29) is 0 Å². The fourth-order valence-electron chi connectivity index (χ4n) is 7.09. The highest BCUT2D eigenvalue weighted by Gasteiger charge is 2.22. The number of rotatable bonds is 5. The molecule has 5 nitrogen and oxygen atoms in total. The summed E-state index contributed by atoms with van der Waals surface area (Å²) in [5.41, 5.74) is 10.3. The van der Waals surface area contributed by atoms with Crippen molar-refractivity contribution in [1.29, 1.82) is 0 Å². The van der Waals surface area contributed by atoms with Crippen molar-refractivity contribution < 1.29 is 8.83 Å². The molecule has 0 bridgehead atoms. The van der Waals surface area contributed by atoms with Crippen LogP contribution in [0.5, 0.6) is 0 Å². The zero-order valence-corrected chi connectivity index (χ0v) is 26.7. The summed E-state index contributed by atoms with van der Waals surface area (Å²) >= 11 is 0. The Morgan fingerprint density at radius 1 is 0.300 bits per heavy atom. The van der Waals surface area contributed by atoms with Crippen LogP contribution in [0.2, 0.25) is 0 Å². The van der Waals surface area contributed by atoms with Crippen LogP contribution in [0.1, 0.15) is 0 Å². The van der Waals surface area contributed by atoms with Crippen LogP contribution in [0.25, 0.3) is 100 Å². The number of para-hydroxylation sites is 1. The van der Waals surface area contributed by atoms with Crippen molar-refractivity contribution in [3.05, 3.63) is 164 Å². The first-order chi connectivity index (χ1) is 24.8. The molecule has 3 heterocycles. The smallest absolute Gasteiger partial charge is 0.164 e. The van der Waals surface area contributed by atoms with Gasteiger partial charge in [0.05, 0.1) is 0 Å². The van der Waals surface area contributed by atoms with E-state index in [0.717, 1.165) is 82.8 Å². The van der Waals surface area contributed by atoms with Gasteiger partial charge in [-0.15, -0.1) is 0 Å². The van der Waals surface area contributed by atoms with Gasteiger partial charge in [0.25, 0.3) is 0 Å². The summed E-state index contributed by atoms with van der Waals surface area (Å²) in [5.74, 6) is 1.79. The molecule has 50 heavy (non-hydrogen) atoms. The molecule has 0 atom stereocenters. The maximum absolute atomic E-state index is 6.56. The van der Waals surface area contributed by atoms with E-state index in [9.17, 15) is 0 Å². The number of hydrogen-bond acceptors (Lipinski definition) is 5. The molecular weight excluding hydrogens is 615 g/mol. The van der Waals surface area contributed by atoms with E-state index in [1.165, 1.54) is 0 Å². The normalized spacial score (nSPS) is 11.6. The maximum Gasteiger partial charge on any atom is 0.164 e. The number of aromatic nitrogens is 3. The van der Waals surface area contributed by atoms with Gasteiger partial charge in [0.1, 0.15) is 22.3 Å². The monoisotopic (exact) mass is 641 g/mol. The lowest BCUT2D eigenvalue weighted by Gasteiger charge is -2.11. The van der Waals surface area contributed by atoms with Crippen molar-refractivity contribution in [1.82, 2.24) is 15.0 Å². The Morgan fingerprint density at radius 2 is 0.760 bits per heavy atom. The van der Waals surface area contributed by atoms with Crippen LogP contribution in [-0.4, -0.2) is 15.0 Å². The lowest BCUT2D eigenvalue weighted by atomic mass is 9.94. The molecule has 0 N–H and O–H groups in total. The molecule has 0 fully saturated rings. The summed E-state index contributed by atoms with van der Waals surface area (Å²) in [6.45, 7) is 0. The van der Waals surface area contributed by atoms with E-state index in [4.69, 9.17) is 23.8 Å². The molecule has 10 aromatic rings. The van der Waals surface area contributed by atoms with Crippen LogP contribution in [0, 0.1) is 0 Å². The summed E-state index contributed by atoms with van der Waals surface area (Å²) in [6.07, 6.45) is 0. The minimum atomic E-state index is 0.578. The van der Waals surface area contributed by atoms with Crippen LogP contribution >= 0.6 is 0 Å². The molecular formula is C45H27N3O2. The van der Waals surface area contributed by atoms with Gasteiger partial charge in [-0.1, -0.05) is 133 Å². The molecule has 5 heteroatoms. The third-order valence-electron chi connectivity index (χ3n) is 9.35. The quantitative estimate of drug-likeness (QED) is 0.187. The van der Waals surface area contributed by atoms with Crippen LogP contribution in [-0.2, 0) is 0 Å². The van der Waals surface area contributed by atoms with Crippen LogP contribution < -0.4 is 0 Å². The molecule has 0 spiro atoms. The molecule has 0 saturated heterocycles. The van der Waals surface area contributed by atoms with Gasteiger partial charge in [-0.05, 0) is 52.6 Å². The van der Waals surface area contributed by atoms with Gasteiger partial charge >= 0.3 is 0 Å². The lowest BCUT2D eigenvalue weighted by molar-refractivity contribution is 0.668. The average Bonchev–Trinajstić information content (AvgIpc) is 3.77. The van der Waals surface area contributed by atoms with E-state index in [1.807, 2.05) is 72.8 Å². The van der Waals surface area contributed by atoms with E-state index in [0.29, 0.717) is 17.5 Å². The zero-order chi connectivity index (χ0) is 33.0. The van der Waals surface area contributed by atoms with Crippen molar-refractivity contribution >= 4 is 43.9 Å². The highest BCUT2D eigenvalue weighted by molar-refractivity contribution is 6.21. The predicted molar refractivity (Wildman–Crippen MR) is 202 cm³/mol. The SMILES string of the molecule is c1ccc(-c2cccc(-c3nc(-c4ccccc4)nc(-c4cccc5oc6cccc(-c7cccc8oc9ccccc9c78)c6c45)n3)c2)cc1. The topological polar surface area (TPSA) is 65.0 Å². The number of nitrogens with zero attached hydrogens (tertiary/aromatic N) is 3.